The molecule has 0 aliphatic heterocycles. The van der Waals surface area contributed by atoms with Crippen molar-refractivity contribution in [3.05, 3.63) is 65.5 Å². The van der Waals surface area contributed by atoms with E-state index in [0.717, 1.165) is 17.8 Å². The third kappa shape index (κ3) is 3.89. The summed E-state index contributed by atoms with van der Waals surface area (Å²) in [4.78, 5) is 16.1. The van der Waals surface area contributed by atoms with Crippen molar-refractivity contribution in [2.24, 2.45) is 0 Å². The molecule has 0 aliphatic rings. The number of amides is 1. The summed E-state index contributed by atoms with van der Waals surface area (Å²) in [6.45, 7) is 1.24. The number of benzene rings is 1. The highest BCUT2D eigenvalue weighted by Crippen LogP contribution is 2.04. The number of carbonyl (C=O) groups is 1. The Morgan fingerprint density at radius 3 is 2.53 bits per heavy atom. The molecule has 98 valence electrons. The molecule has 1 heterocycles. The van der Waals surface area contributed by atoms with Crippen molar-refractivity contribution in [2.75, 3.05) is 7.05 Å². The zero-order valence-corrected chi connectivity index (χ0v) is 10.9. The number of aromatic nitrogens is 1. The standard InChI is InChI=1S/C15H17N3O/c1-16-10-12-5-7-13(8-6-12)15(19)18-11-14-4-2-3-9-17-14/h2-9,16H,10-11H2,1H3,(H,18,19). The number of hydrogen-bond donors (Lipinski definition) is 2. The van der Waals surface area contributed by atoms with Gasteiger partial charge in [-0.3, -0.25) is 9.78 Å². The molecule has 0 fully saturated rings. The topological polar surface area (TPSA) is 54.0 Å². The number of nitrogens with one attached hydrogen (secondary N) is 2. The maximum absolute atomic E-state index is 11.9. The van der Waals surface area contributed by atoms with E-state index in [9.17, 15) is 4.79 Å². The number of hydrogen-bond acceptors (Lipinski definition) is 3. The average Bonchev–Trinajstić information content (AvgIpc) is 2.47. The maximum Gasteiger partial charge on any atom is 0.251 e. The molecule has 0 atom stereocenters. The molecule has 1 aromatic carbocycles. The molecule has 1 amide bonds. The van der Waals surface area contributed by atoms with Gasteiger partial charge >= 0.3 is 0 Å². The molecule has 4 heteroatoms. The highest BCUT2D eigenvalue weighted by Gasteiger charge is 2.05. The molecule has 0 saturated heterocycles. The summed E-state index contributed by atoms with van der Waals surface area (Å²) in [5.41, 5.74) is 2.67. The molecular formula is C15H17N3O. The van der Waals surface area contributed by atoms with Crippen LogP contribution in [-0.2, 0) is 13.1 Å². The summed E-state index contributed by atoms with van der Waals surface area (Å²) in [6, 6.07) is 13.2. The average molecular weight is 255 g/mol. The van der Waals surface area contributed by atoms with E-state index >= 15 is 0 Å². The molecule has 19 heavy (non-hydrogen) atoms. The van der Waals surface area contributed by atoms with Gasteiger partial charge in [-0.25, -0.2) is 0 Å². The molecule has 0 saturated carbocycles. The van der Waals surface area contributed by atoms with Crippen molar-refractivity contribution in [3.63, 3.8) is 0 Å². The summed E-state index contributed by atoms with van der Waals surface area (Å²) in [5, 5.41) is 5.92. The zero-order chi connectivity index (χ0) is 13.5. The van der Waals surface area contributed by atoms with Crippen LogP contribution in [-0.4, -0.2) is 17.9 Å². The Kier molecular flexibility index (Phi) is 4.64. The van der Waals surface area contributed by atoms with Gasteiger partial charge in [0.2, 0.25) is 0 Å². The Morgan fingerprint density at radius 1 is 1.11 bits per heavy atom. The first-order valence-corrected chi connectivity index (χ1v) is 6.21. The number of pyridine rings is 1. The Morgan fingerprint density at radius 2 is 1.89 bits per heavy atom. The highest BCUT2D eigenvalue weighted by molar-refractivity contribution is 5.94. The quantitative estimate of drug-likeness (QED) is 0.855. The second-order valence-electron chi connectivity index (χ2n) is 4.23. The Hall–Kier alpha value is -2.20. The van der Waals surface area contributed by atoms with E-state index in [-0.39, 0.29) is 5.91 Å². The first-order valence-electron chi connectivity index (χ1n) is 6.21. The predicted octanol–water partition coefficient (Wildman–Crippen LogP) is 1.73. The molecule has 1 aromatic heterocycles. The fourth-order valence-corrected chi connectivity index (χ4v) is 1.75. The Labute approximate surface area is 112 Å². The van der Waals surface area contributed by atoms with Crippen LogP contribution >= 0.6 is 0 Å². The lowest BCUT2D eigenvalue weighted by atomic mass is 10.1. The van der Waals surface area contributed by atoms with Crippen LogP contribution in [0.15, 0.2) is 48.7 Å². The van der Waals surface area contributed by atoms with E-state index in [1.165, 1.54) is 0 Å². The molecule has 0 unspecified atom stereocenters. The zero-order valence-electron chi connectivity index (χ0n) is 10.9. The second-order valence-corrected chi connectivity index (χ2v) is 4.23. The molecule has 0 bridgehead atoms. The number of rotatable bonds is 5. The van der Waals surface area contributed by atoms with Crippen molar-refractivity contribution >= 4 is 5.91 Å². The van der Waals surface area contributed by atoms with Gasteiger partial charge in [0.1, 0.15) is 0 Å². The van der Waals surface area contributed by atoms with Gasteiger partial charge < -0.3 is 10.6 Å². The fraction of sp³-hybridized carbons (Fsp3) is 0.200. The van der Waals surface area contributed by atoms with E-state index in [1.54, 1.807) is 6.20 Å². The van der Waals surface area contributed by atoms with Crippen LogP contribution in [0.1, 0.15) is 21.6 Å². The minimum atomic E-state index is -0.0818. The molecule has 2 aromatic rings. The smallest absolute Gasteiger partial charge is 0.251 e. The second kappa shape index (κ2) is 6.66. The van der Waals surface area contributed by atoms with E-state index in [2.05, 4.69) is 15.6 Å². The molecule has 2 rings (SSSR count). The fourth-order valence-electron chi connectivity index (χ4n) is 1.75. The van der Waals surface area contributed by atoms with Gasteiger partial charge in [-0.1, -0.05) is 18.2 Å². The van der Waals surface area contributed by atoms with Crippen LogP contribution in [0.2, 0.25) is 0 Å². The van der Waals surface area contributed by atoms with Crippen molar-refractivity contribution in [1.82, 2.24) is 15.6 Å². The van der Waals surface area contributed by atoms with Gasteiger partial charge in [-0.15, -0.1) is 0 Å². The maximum atomic E-state index is 11.9. The van der Waals surface area contributed by atoms with Crippen LogP contribution in [0.25, 0.3) is 0 Å². The van der Waals surface area contributed by atoms with Gasteiger partial charge in [-0.2, -0.15) is 0 Å². The summed E-state index contributed by atoms with van der Waals surface area (Å²) < 4.78 is 0. The highest BCUT2D eigenvalue weighted by atomic mass is 16.1. The number of carbonyl (C=O) groups excluding carboxylic acids is 1. The largest absolute Gasteiger partial charge is 0.346 e. The summed E-state index contributed by atoms with van der Waals surface area (Å²) >= 11 is 0. The number of nitrogens with zero attached hydrogens (tertiary/aromatic N) is 1. The normalized spacial score (nSPS) is 10.2. The van der Waals surface area contributed by atoms with Crippen LogP contribution in [0, 0.1) is 0 Å². The molecule has 2 N–H and O–H groups in total. The summed E-state index contributed by atoms with van der Waals surface area (Å²) in [6.07, 6.45) is 1.72. The van der Waals surface area contributed by atoms with Crippen LogP contribution in [0.4, 0.5) is 0 Å². The third-order valence-corrected chi connectivity index (χ3v) is 2.75. The van der Waals surface area contributed by atoms with Crippen LogP contribution in [0.3, 0.4) is 0 Å². The summed E-state index contributed by atoms with van der Waals surface area (Å²) in [5.74, 6) is -0.0818. The first-order chi connectivity index (χ1) is 9.29. The molecule has 0 spiro atoms. The Balaban J connectivity index is 1.92. The van der Waals surface area contributed by atoms with Crippen LogP contribution < -0.4 is 10.6 Å². The van der Waals surface area contributed by atoms with Gasteiger partial charge in [0.05, 0.1) is 12.2 Å². The van der Waals surface area contributed by atoms with E-state index in [4.69, 9.17) is 0 Å². The van der Waals surface area contributed by atoms with Crippen molar-refractivity contribution in [2.45, 2.75) is 13.1 Å². The van der Waals surface area contributed by atoms with E-state index in [0.29, 0.717) is 12.1 Å². The third-order valence-electron chi connectivity index (χ3n) is 2.75. The van der Waals surface area contributed by atoms with Gasteiger partial charge in [0, 0.05) is 18.3 Å². The molecule has 4 nitrogen and oxygen atoms in total. The van der Waals surface area contributed by atoms with Crippen LogP contribution in [0.5, 0.6) is 0 Å². The molecule has 0 radical (unpaired) electrons. The lowest BCUT2D eigenvalue weighted by molar-refractivity contribution is 0.0950. The lowest BCUT2D eigenvalue weighted by Crippen LogP contribution is -2.23. The molecule has 0 aliphatic carbocycles. The van der Waals surface area contributed by atoms with Crippen molar-refractivity contribution < 1.29 is 4.79 Å². The van der Waals surface area contributed by atoms with Gasteiger partial charge in [0.15, 0.2) is 0 Å². The van der Waals surface area contributed by atoms with Crippen molar-refractivity contribution in [3.8, 4) is 0 Å². The lowest BCUT2D eigenvalue weighted by Gasteiger charge is -2.06. The van der Waals surface area contributed by atoms with E-state index < -0.39 is 0 Å². The minimum absolute atomic E-state index is 0.0818. The summed E-state index contributed by atoms with van der Waals surface area (Å²) in [7, 11) is 1.90. The van der Waals surface area contributed by atoms with E-state index in [1.807, 2.05) is 49.5 Å². The van der Waals surface area contributed by atoms with Gasteiger partial charge in [-0.05, 0) is 36.9 Å². The monoisotopic (exact) mass is 255 g/mol. The Bertz CT molecular complexity index is 523. The first kappa shape index (κ1) is 13.2. The predicted molar refractivity (Wildman–Crippen MR) is 74.6 cm³/mol. The van der Waals surface area contributed by atoms with Gasteiger partial charge in [0.25, 0.3) is 5.91 Å². The molecular weight excluding hydrogens is 238 g/mol. The minimum Gasteiger partial charge on any atom is -0.346 e. The van der Waals surface area contributed by atoms with Crippen molar-refractivity contribution in [1.29, 1.82) is 0 Å². The SMILES string of the molecule is CNCc1ccc(C(=O)NCc2ccccn2)cc1.